The molecule has 0 aromatic heterocycles. The quantitative estimate of drug-likeness (QED) is 0.821. The molecule has 1 aromatic carbocycles. The van der Waals surface area contributed by atoms with E-state index in [2.05, 4.69) is 29.8 Å². The van der Waals surface area contributed by atoms with Crippen LogP contribution in [0.4, 0.5) is 5.69 Å². The largest absolute Gasteiger partial charge is 0.398 e. The minimum Gasteiger partial charge on any atom is -0.398 e. The minimum atomic E-state index is -3.48. The van der Waals surface area contributed by atoms with Gasteiger partial charge in [-0.2, -0.15) is 4.31 Å². The molecule has 0 unspecified atom stereocenters. The third kappa shape index (κ3) is 3.60. The highest BCUT2D eigenvalue weighted by molar-refractivity contribution is 9.10. The van der Waals surface area contributed by atoms with E-state index in [1.54, 1.807) is 19.2 Å². The number of nitrogens with zero attached hydrogens (tertiary/aromatic N) is 1. The molecule has 1 saturated carbocycles. The van der Waals surface area contributed by atoms with Crippen LogP contribution in [-0.4, -0.2) is 25.8 Å². The Labute approximate surface area is 135 Å². The van der Waals surface area contributed by atoms with E-state index in [4.69, 9.17) is 5.73 Å². The van der Waals surface area contributed by atoms with Crippen molar-refractivity contribution in [3.63, 3.8) is 0 Å². The highest BCUT2D eigenvalue weighted by atomic mass is 79.9. The number of rotatable bonds is 3. The van der Waals surface area contributed by atoms with Gasteiger partial charge in [0.1, 0.15) is 0 Å². The van der Waals surface area contributed by atoms with Gasteiger partial charge in [0.25, 0.3) is 0 Å². The van der Waals surface area contributed by atoms with Crippen molar-refractivity contribution in [2.24, 2.45) is 5.41 Å². The Balaban J connectivity index is 2.21. The lowest BCUT2D eigenvalue weighted by Gasteiger charge is -2.38. The summed E-state index contributed by atoms with van der Waals surface area (Å²) in [6.45, 7) is 4.49. The average Bonchev–Trinajstić information content (AvgIpc) is 2.41. The summed E-state index contributed by atoms with van der Waals surface area (Å²) in [5.41, 5.74) is 6.56. The van der Waals surface area contributed by atoms with Gasteiger partial charge in [-0.25, -0.2) is 8.42 Å². The van der Waals surface area contributed by atoms with E-state index in [0.717, 1.165) is 25.7 Å². The first-order chi connectivity index (χ1) is 9.63. The van der Waals surface area contributed by atoms with Crippen molar-refractivity contribution >= 4 is 31.6 Å². The fraction of sp³-hybridized carbons (Fsp3) is 0.600. The van der Waals surface area contributed by atoms with E-state index < -0.39 is 10.0 Å². The van der Waals surface area contributed by atoms with Gasteiger partial charge < -0.3 is 5.73 Å². The molecule has 0 radical (unpaired) electrons. The molecule has 6 heteroatoms. The number of sulfonamides is 1. The maximum Gasteiger partial charge on any atom is 0.243 e. The Hall–Kier alpha value is -0.590. The Morgan fingerprint density at radius 3 is 2.38 bits per heavy atom. The van der Waals surface area contributed by atoms with Gasteiger partial charge in [0, 0.05) is 23.2 Å². The third-order valence-corrected chi connectivity index (χ3v) is 7.10. The molecular weight excluding hydrogens is 352 g/mol. The minimum absolute atomic E-state index is 0.0768. The lowest BCUT2D eigenvalue weighted by Crippen LogP contribution is -2.40. The Kier molecular flexibility index (Phi) is 4.71. The van der Waals surface area contributed by atoms with E-state index >= 15 is 0 Å². The first-order valence-corrected chi connectivity index (χ1v) is 9.40. The molecule has 0 bridgehead atoms. The van der Waals surface area contributed by atoms with Crippen LogP contribution in [0.5, 0.6) is 0 Å². The Morgan fingerprint density at radius 1 is 1.29 bits per heavy atom. The predicted octanol–water partition coefficient (Wildman–Crippen LogP) is 3.62. The van der Waals surface area contributed by atoms with Crippen LogP contribution in [-0.2, 0) is 10.0 Å². The van der Waals surface area contributed by atoms with Crippen molar-refractivity contribution in [1.29, 1.82) is 0 Å². The topological polar surface area (TPSA) is 63.4 Å². The van der Waals surface area contributed by atoms with Crippen molar-refractivity contribution in [3.05, 3.63) is 22.7 Å². The van der Waals surface area contributed by atoms with Gasteiger partial charge in [0.15, 0.2) is 0 Å². The molecule has 1 aliphatic rings. The number of halogens is 1. The summed E-state index contributed by atoms with van der Waals surface area (Å²) in [6.07, 6.45) is 3.93. The fourth-order valence-electron chi connectivity index (χ4n) is 2.79. The third-order valence-electron chi connectivity index (χ3n) is 4.47. The van der Waals surface area contributed by atoms with Gasteiger partial charge in [-0.05, 0) is 65.2 Å². The predicted molar refractivity (Wildman–Crippen MR) is 89.5 cm³/mol. The monoisotopic (exact) mass is 374 g/mol. The summed E-state index contributed by atoms with van der Waals surface area (Å²) in [5, 5.41) is 0. The molecule has 4 nitrogen and oxygen atoms in total. The van der Waals surface area contributed by atoms with Crippen molar-refractivity contribution in [3.8, 4) is 0 Å². The highest BCUT2D eigenvalue weighted by Gasteiger charge is 2.34. The molecule has 2 rings (SSSR count). The molecule has 0 aliphatic heterocycles. The lowest BCUT2D eigenvalue weighted by molar-refractivity contribution is 0.174. The number of benzene rings is 1. The SMILES string of the molecule is CN(C1CCC(C)(C)CC1)S(=O)(=O)c1ccc(Br)c(N)c1. The molecule has 118 valence electrons. The molecule has 0 saturated heterocycles. The van der Waals surface area contributed by atoms with Crippen molar-refractivity contribution in [1.82, 2.24) is 4.31 Å². The van der Waals surface area contributed by atoms with Gasteiger partial charge in [-0.3, -0.25) is 0 Å². The molecule has 1 fully saturated rings. The Bertz CT molecular complexity index is 619. The zero-order valence-corrected chi connectivity index (χ0v) is 15.2. The molecule has 1 aliphatic carbocycles. The lowest BCUT2D eigenvalue weighted by atomic mass is 9.76. The molecular formula is C15H23BrN2O2S. The Morgan fingerprint density at radius 2 is 1.86 bits per heavy atom. The van der Waals surface area contributed by atoms with Gasteiger partial charge in [0.2, 0.25) is 10.0 Å². The van der Waals surface area contributed by atoms with Crippen LogP contribution in [0.15, 0.2) is 27.6 Å². The van der Waals surface area contributed by atoms with E-state index in [1.807, 2.05) is 0 Å². The van der Waals surface area contributed by atoms with E-state index in [1.165, 1.54) is 10.4 Å². The van der Waals surface area contributed by atoms with E-state index in [-0.39, 0.29) is 10.9 Å². The van der Waals surface area contributed by atoms with Gasteiger partial charge >= 0.3 is 0 Å². The molecule has 21 heavy (non-hydrogen) atoms. The number of nitrogens with two attached hydrogens (primary N) is 1. The molecule has 1 aromatic rings. The van der Waals surface area contributed by atoms with Crippen molar-refractivity contribution in [2.75, 3.05) is 12.8 Å². The summed E-state index contributed by atoms with van der Waals surface area (Å²) < 4.78 is 27.7. The molecule has 0 heterocycles. The summed E-state index contributed by atoms with van der Waals surface area (Å²) in [7, 11) is -1.81. The smallest absolute Gasteiger partial charge is 0.243 e. The second-order valence-corrected chi connectivity index (χ2v) is 9.45. The maximum atomic E-state index is 12.7. The van der Waals surface area contributed by atoms with Crippen molar-refractivity contribution in [2.45, 2.75) is 50.5 Å². The van der Waals surface area contributed by atoms with E-state index in [9.17, 15) is 8.42 Å². The van der Waals surface area contributed by atoms with Crippen LogP contribution in [0.2, 0.25) is 0 Å². The van der Waals surface area contributed by atoms with Crippen molar-refractivity contribution < 1.29 is 8.42 Å². The summed E-state index contributed by atoms with van der Waals surface area (Å²) in [4.78, 5) is 0.260. The van der Waals surface area contributed by atoms with Crippen LogP contribution < -0.4 is 5.73 Å². The van der Waals surface area contributed by atoms with Gasteiger partial charge in [0.05, 0.1) is 4.90 Å². The standard InChI is InChI=1S/C15H23BrN2O2S/c1-15(2)8-6-11(7-9-15)18(3)21(19,20)12-4-5-13(16)14(17)10-12/h4-5,10-11H,6-9,17H2,1-3H3. The zero-order valence-electron chi connectivity index (χ0n) is 12.8. The van der Waals surface area contributed by atoms with Crippen LogP contribution in [0.1, 0.15) is 39.5 Å². The molecule has 0 spiro atoms. The first kappa shape index (κ1) is 16.8. The molecule has 0 amide bonds. The van der Waals surface area contributed by atoms with Crippen LogP contribution in [0.25, 0.3) is 0 Å². The zero-order chi connectivity index (χ0) is 15.8. The second kappa shape index (κ2) is 5.89. The summed E-state index contributed by atoms with van der Waals surface area (Å²) >= 11 is 3.29. The summed E-state index contributed by atoms with van der Waals surface area (Å²) in [6, 6.07) is 4.87. The molecule has 0 atom stereocenters. The van der Waals surface area contributed by atoms with E-state index in [0.29, 0.717) is 15.6 Å². The second-order valence-electron chi connectivity index (χ2n) is 6.60. The highest BCUT2D eigenvalue weighted by Crippen LogP contribution is 2.38. The normalized spacial score (nSPS) is 19.9. The average molecular weight is 375 g/mol. The number of anilines is 1. The van der Waals surface area contributed by atoms with Crippen LogP contribution in [0, 0.1) is 5.41 Å². The van der Waals surface area contributed by atoms with Gasteiger partial charge in [-0.1, -0.05) is 13.8 Å². The number of hydrogen-bond donors (Lipinski definition) is 1. The summed E-state index contributed by atoms with van der Waals surface area (Å²) in [5.74, 6) is 0. The number of nitrogen functional groups attached to an aromatic ring is 1. The van der Waals surface area contributed by atoms with Gasteiger partial charge in [-0.15, -0.1) is 0 Å². The maximum absolute atomic E-state index is 12.7. The number of hydrogen-bond acceptors (Lipinski definition) is 3. The molecule has 2 N–H and O–H groups in total. The van der Waals surface area contributed by atoms with Crippen LogP contribution >= 0.6 is 15.9 Å². The first-order valence-electron chi connectivity index (χ1n) is 7.16. The van der Waals surface area contributed by atoms with Crippen LogP contribution in [0.3, 0.4) is 0 Å². The fourth-order valence-corrected chi connectivity index (χ4v) is 4.49.